The Balaban J connectivity index is 2.82. The number of aromatic nitrogens is 2. The Morgan fingerprint density at radius 2 is 2.18 bits per heavy atom. The molecule has 6 heteroatoms. The number of rotatable bonds is 6. The van der Waals surface area contributed by atoms with Crippen molar-refractivity contribution < 1.29 is 9.42 Å². The predicted octanol–water partition coefficient (Wildman–Crippen LogP) is 1.69. The Labute approximate surface area is 101 Å². The van der Waals surface area contributed by atoms with E-state index >= 15 is 0 Å². The lowest BCUT2D eigenvalue weighted by Gasteiger charge is -2.27. The van der Waals surface area contributed by atoms with Gasteiger partial charge < -0.3 is 10.6 Å². The van der Waals surface area contributed by atoms with E-state index in [2.05, 4.69) is 21.9 Å². The van der Waals surface area contributed by atoms with E-state index in [1.165, 1.54) is 0 Å². The van der Waals surface area contributed by atoms with Gasteiger partial charge in [0.2, 0.25) is 11.5 Å². The summed E-state index contributed by atoms with van der Waals surface area (Å²) < 4.78 is 4.46. The minimum atomic E-state index is -0.202. The summed E-state index contributed by atoms with van der Waals surface area (Å²) in [6.07, 6.45) is 2.88. The van der Waals surface area contributed by atoms with Crippen LogP contribution in [0, 0.1) is 0 Å². The van der Waals surface area contributed by atoms with Crippen LogP contribution < -0.4 is 5.73 Å². The summed E-state index contributed by atoms with van der Waals surface area (Å²) in [5.74, 6) is -0.147. The van der Waals surface area contributed by atoms with Crippen LogP contribution in [0.5, 0.6) is 0 Å². The lowest BCUT2D eigenvalue weighted by atomic mass is 10.2. The summed E-state index contributed by atoms with van der Waals surface area (Å²) in [4.78, 5) is 14.0. The number of carbonyl (C=O) groups is 1. The van der Waals surface area contributed by atoms with Gasteiger partial charge in [0.05, 0.1) is 0 Å². The Morgan fingerprint density at radius 3 is 2.65 bits per heavy atom. The molecule has 1 heterocycles. The highest BCUT2D eigenvalue weighted by atomic mass is 16.6. The van der Waals surface area contributed by atoms with Crippen LogP contribution in [-0.2, 0) is 0 Å². The predicted molar refractivity (Wildman–Crippen MR) is 64.4 cm³/mol. The molecule has 0 bridgehead atoms. The Morgan fingerprint density at radius 1 is 1.47 bits per heavy atom. The van der Waals surface area contributed by atoms with E-state index in [-0.39, 0.29) is 23.5 Å². The normalized spacial score (nSPS) is 12.4. The zero-order chi connectivity index (χ0) is 12.8. The molecule has 0 fully saturated rings. The number of nitrogens with two attached hydrogens (primary N) is 1. The fourth-order valence-electron chi connectivity index (χ4n) is 1.55. The van der Waals surface area contributed by atoms with Crippen molar-refractivity contribution in [1.82, 2.24) is 15.2 Å². The number of carbonyl (C=O) groups excluding carboxylic acids is 1. The molecule has 0 saturated heterocycles. The number of amides is 1. The first-order valence-electron chi connectivity index (χ1n) is 6.00. The fourth-order valence-corrected chi connectivity index (χ4v) is 1.55. The highest BCUT2D eigenvalue weighted by molar-refractivity contribution is 5.96. The number of hydrogen-bond acceptors (Lipinski definition) is 5. The quantitative estimate of drug-likeness (QED) is 0.817. The average Bonchev–Trinajstić information content (AvgIpc) is 2.75. The highest BCUT2D eigenvalue weighted by Gasteiger charge is 2.25. The molecule has 1 aromatic rings. The van der Waals surface area contributed by atoms with Crippen LogP contribution in [0.3, 0.4) is 0 Å². The highest BCUT2D eigenvalue weighted by Crippen LogP contribution is 2.14. The zero-order valence-corrected chi connectivity index (χ0v) is 10.6. The first-order chi connectivity index (χ1) is 8.11. The average molecular weight is 240 g/mol. The summed E-state index contributed by atoms with van der Waals surface area (Å²) in [6, 6.07) is 0.158. The van der Waals surface area contributed by atoms with Crippen LogP contribution in [0.4, 0.5) is 5.82 Å². The maximum atomic E-state index is 12.2. The summed E-state index contributed by atoms with van der Waals surface area (Å²) >= 11 is 0. The number of anilines is 1. The van der Waals surface area contributed by atoms with Gasteiger partial charge in [-0.05, 0) is 30.1 Å². The summed E-state index contributed by atoms with van der Waals surface area (Å²) in [6.45, 7) is 6.85. The first kappa shape index (κ1) is 13.5. The van der Waals surface area contributed by atoms with Crippen molar-refractivity contribution in [3.05, 3.63) is 5.69 Å². The molecule has 0 aliphatic carbocycles. The molecule has 1 unspecified atom stereocenters. The van der Waals surface area contributed by atoms with Gasteiger partial charge in [0.15, 0.2) is 0 Å². The van der Waals surface area contributed by atoms with E-state index in [0.29, 0.717) is 6.54 Å². The molecule has 0 radical (unpaired) electrons. The molecule has 1 rings (SSSR count). The van der Waals surface area contributed by atoms with Crippen LogP contribution >= 0.6 is 0 Å². The monoisotopic (exact) mass is 240 g/mol. The molecular weight excluding hydrogens is 220 g/mol. The zero-order valence-electron chi connectivity index (χ0n) is 10.6. The van der Waals surface area contributed by atoms with Gasteiger partial charge in [0, 0.05) is 12.6 Å². The van der Waals surface area contributed by atoms with Crippen LogP contribution in [0.1, 0.15) is 50.5 Å². The Hall–Kier alpha value is -1.59. The second-order valence-corrected chi connectivity index (χ2v) is 4.11. The molecule has 0 saturated carbocycles. The maximum Gasteiger partial charge on any atom is 0.280 e. The van der Waals surface area contributed by atoms with Crippen molar-refractivity contribution in [1.29, 1.82) is 0 Å². The molecule has 0 aromatic carbocycles. The van der Waals surface area contributed by atoms with Gasteiger partial charge in [-0.2, -0.15) is 0 Å². The molecule has 6 nitrogen and oxygen atoms in total. The third-order valence-electron chi connectivity index (χ3n) is 2.85. The second-order valence-electron chi connectivity index (χ2n) is 4.11. The second kappa shape index (κ2) is 6.22. The third-order valence-corrected chi connectivity index (χ3v) is 2.85. The van der Waals surface area contributed by atoms with Crippen LogP contribution in [0.25, 0.3) is 0 Å². The van der Waals surface area contributed by atoms with Crippen molar-refractivity contribution >= 4 is 11.7 Å². The molecule has 0 aliphatic rings. The van der Waals surface area contributed by atoms with Crippen LogP contribution in [0.15, 0.2) is 4.63 Å². The van der Waals surface area contributed by atoms with Crippen molar-refractivity contribution in [2.75, 3.05) is 12.3 Å². The van der Waals surface area contributed by atoms with Gasteiger partial charge in [-0.25, -0.2) is 4.63 Å². The van der Waals surface area contributed by atoms with Crippen LogP contribution in [-0.4, -0.2) is 33.7 Å². The van der Waals surface area contributed by atoms with Crippen molar-refractivity contribution in [2.24, 2.45) is 0 Å². The first-order valence-corrected chi connectivity index (χ1v) is 6.00. The van der Waals surface area contributed by atoms with Gasteiger partial charge >= 0.3 is 0 Å². The van der Waals surface area contributed by atoms with Crippen molar-refractivity contribution in [2.45, 2.75) is 46.1 Å². The van der Waals surface area contributed by atoms with Gasteiger partial charge in [0.25, 0.3) is 5.91 Å². The van der Waals surface area contributed by atoms with Gasteiger partial charge in [-0.1, -0.05) is 20.3 Å². The van der Waals surface area contributed by atoms with E-state index in [1.807, 2.05) is 13.8 Å². The number of nitrogen functional groups attached to an aromatic ring is 1. The largest absolute Gasteiger partial charge is 0.379 e. The van der Waals surface area contributed by atoms with Gasteiger partial charge in [-0.3, -0.25) is 4.79 Å². The van der Waals surface area contributed by atoms with E-state index in [1.54, 1.807) is 4.90 Å². The fraction of sp³-hybridized carbons (Fsp3) is 0.727. The molecule has 0 spiro atoms. The topological polar surface area (TPSA) is 85.2 Å². The maximum absolute atomic E-state index is 12.2. The van der Waals surface area contributed by atoms with E-state index in [9.17, 15) is 4.79 Å². The number of unbranched alkanes of at least 4 members (excludes halogenated alkanes) is 1. The van der Waals surface area contributed by atoms with Crippen molar-refractivity contribution in [3.8, 4) is 0 Å². The molecule has 1 aromatic heterocycles. The van der Waals surface area contributed by atoms with E-state index in [0.717, 1.165) is 19.3 Å². The standard InChI is InChI=1S/C11H20N4O2/c1-4-6-7-15(8(3)5-2)11(16)9-10(12)14-17-13-9/h8H,4-7H2,1-3H3,(H2,12,14). The number of hydrogen-bond donors (Lipinski definition) is 1. The summed E-state index contributed by atoms with van der Waals surface area (Å²) in [5, 5.41) is 6.99. The summed E-state index contributed by atoms with van der Waals surface area (Å²) in [7, 11) is 0. The van der Waals surface area contributed by atoms with Crippen molar-refractivity contribution in [3.63, 3.8) is 0 Å². The molecule has 17 heavy (non-hydrogen) atoms. The Kier molecular flexibility index (Phi) is 4.93. The number of nitrogens with zero attached hydrogens (tertiary/aromatic N) is 3. The SMILES string of the molecule is CCCCN(C(=O)c1nonc1N)C(C)CC. The summed E-state index contributed by atoms with van der Waals surface area (Å²) in [5.41, 5.74) is 5.65. The van der Waals surface area contributed by atoms with E-state index in [4.69, 9.17) is 5.73 Å². The smallest absolute Gasteiger partial charge is 0.280 e. The van der Waals surface area contributed by atoms with Gasteiger partial charge in [-0.15, -0.1) is 0 Å². The minimum Gasteiger partial charge on any atom is -0.379 e. The van der Waals surface area contributed by atoms with Crippen LogP contribution in [0.2, 0.25) is 0 Å². The van der Waals surface area contributed by atoms with E-state index < -0.39 is 0 Å². The lowest BCUT2D eigenvalue weighted by Crippen LogP contribution is -2.39. The third kappa shape index (κ3) is 3.18. The molecular formula is C11H20N4O2. The lowest BCUT2D eigenvalue weighted by molar-refractivity contribution is 0.0675. The molecule has 1 amide bonds. The van der Waals surface area contributed by atoms with Gasteiger partial charge in [0.1, 0.15) is 0 Å². The Bertz CT molecular complexity index is 364. The molecule has 96 valence electrons. The molecule has 2 N–H and O–H groups in total. The molecule has 1 atom stereocenters. The minimum absolute atomic E-state index is 0.0554. The molecule has 0 aliphatic heterocycles.